The fourth-order valence-electron chi connectivity index (χ4n) is 2.09. The second-order valence-corrected chi connectivity index (χ2v) is 7.69. The Bertz CT molecular complexity index is 311. The smallest absolute Gasteiger partial charge is 0.417 e. The Morgan fingerprint density at radius 2 is 1.05 bits per heavy atom. The minimum absolute atomic E-state index is 0.105. The Morgan fingerprint density at radius 3 is 1.32 bits per heavy atom. The fourth-order valence-corrected chi connectivity index (χ4v) is 2.09. The first kappa shape index (κ1) is 20.9. The van der Waals surface area contributed by atoms with E-state index in [0.29, 0.717) is 0 Å². The molecule has 0 heterocycles. The van der Waals surface area contributed by atoms with Crippen molar-refractivity contribution in [3.05, 3.63) is 0 Å². The SMILES string of the molecule is CCCCC(C)(C)COC(=O)C(=O)OCC(C)(C)CCCC. The van der Waals surface area contributed by atoms with Gasteiger partial charge < -0.3 is 9.47 Å². The largest absolute Gasteiger partial charge is 0.457 e. The van der Waals surface area contributed by atoms with Gasteiger partial charge in [-0.25, -0.2) is 9.59 Å². The van der Waals surface area contributed by atoms with Crippen molar-refractivity contribution in [1.29, 1.82) is 0 Å². The number of esters is 2. The first-order valence-electron chi connectivity index (χ1n) is 8.47. The van der Waals surface area contributed by atoms with Crippen molar-refractivity contribution in [1.82, 2.24) is 0 Å². The summed E-state index contributed by atoms with van der Waals surface area (Å²) in [6.07, 6.45) is 6.31. The van der Waals surface area contributed by atoms with Crippen molar-refractivity contribution in [2.24, 2.45) is 10.8 Å². The third-order valence-corrected chi connectivity index (χ3v) is 3.77. The predicted octanol–water partition coefficient (Wildman–Crippen LogP) is 4.51. The van der Waals surface area contributed by atoms with Gasteiger partial charge in [-0.15, -0.1) is 0 Å². The summed E-state index contributed by atoms with van der Waals surface area (Å²) in [7, 11) is 0. The number of ether oxygens (including phenoxy) is 2. The fraction of sp³-hybridized carbons (Fsp3) is 0.889. The number of hydrogen-bond acceptors (Lipinski definition) is 4. The van der Waals surface area contributed by atoms with Gasteiger partial charge in [0.1, 0.15) is 0 Å². The summed E-state index contributed by atoms with van der Waals surface area (Å²) in [6.45, 7) is 12.9. The van der Waals surface area contributed by atoms with Crippen LogP contribution in [-0.2, 0) is 19.1 Å². The van der Waals surface area contributed by atoms with E-state index in [1.165, 1.54) is 0 Å². The van der Waals surface area contributed by atoms with Crippen molar-refractivity contribution in [2.75, 3.05) is 13.2 Å². The molecule has 0 radical (unpaired) electrons. The van der Waals surface area contributed by atoms with Crippen LogP contribution in [0.25, 0.3) is 0 Å². The number of carbonyl (C=O) groups is 2. The summed E-state index contributed by atoms with van der Waals surface area (Å²) in [4.78, 5) is 23.4. The number of carbonyl (C=O) groups excluding carboxylic acids is 2. The molecule has 0 N–H and O–H groups in total. The number of unbranched alkanes of at least 4 members (excludes halogenated alkanes) is 2. The van der Waals surface area contributed by atoms with Crippen LogP contribution in [0.15, 0.2) is 0 Å². The molecule has 0 rings (SSSR count). The Labute approximate surface area is 135 Å². The van der Waals surface area contributed by atoms with Crippen LogP contribution in [0.3, 0.4) is 0 Å². The maximum atomic E-state index is 11.7. The average molecular weight is 314 g/mol. The van der Waals surface area contributed by atoms with Crippen molar-refractivity contribution >= 4 is 11.9 Å². The Kier molecular flexibility index (Phi) is 9.38. The highest BCUT2D eigenvalue weighted by Gasteiger charge is 2.26. The molecular formula is C18H34O4. The quantitative estimate of drug-likeness (QED) is 0.440. The van der Waals surface area contributed by atoms with Gasteiger partial charge in [0.15, 0.2) is 0 Å². The van der Waals surface area contributed by atoms with E-state index < -0.39 is 11.9 Å². The zero-order valence-corrected chi connectivity index (χ0v) is 15.3. The lowest BCUT2D eigenvalue weighted by Gasteiger charge is -2.25. The topological polar surface area (TPSA) is 52.6 Å². The molecule has 0 spiro atoms. The standard InChI is InChI=1S/C18H34O4/c1-7-9-11-17(3,4)13-21-15(19)16(20)22-14-18(5,6)12-10-8-2/h7-14H2,1-6H3. The lowest BCUT2D eigenvalue weighted by molar-refractivity contribution is -0.171. The molecule has 0 fully saturated rings. The molecule has 4 nitrogen and oxygen atoms in total. The molecule has 0 aliphatic carbocycles. The lowest BCUT2D eigenvalue weighted by Crippen LogP contribution is -2.30. The zero-order chi connectivity index (χ0) is 17.2. The third-order valence-electron chi connectivity index (χ3n) is 3.77. The molecule has 0 aromatic heterocycles. The molecule has 0 saturated carbocycles. The Morgan fingerprint density at radius 1 is 0.727 bits per heavy atom. The Balaban J connectivity index is 4.14. The van der Waals surface area contributed by atoms with Crippen molar-refractivity contribution < 1.29 is 19.1 Å². The summed E-state index contributed by atoms with van der Waals surface area (Å²) >= 11 is 0. The predicted molar refractivity (Wildman–Crippen MR) is 88.5 cm³/mol. The minimum Gasteiger partial charge on any atom is -0.457 e. The van der Waals surface area contributed by atoms with Gasteiger partial charge in [0.2, 0.25) is 0 Å². The van der Waals surface area contributed by atoms with E-state index in [1.807, 2.05) is 27.7 Å². The monoisotopic (exact) mass is 314 g/mol. The number of rotatable bonds is 10. The lowest BCUT2D eigenvalue weighted by atomic mass is 9.88. The van der Waals surface area contributed by atoms with E-state index in [9.17, 15) is 9.59 Å². The third kappa shape index (κ3) is 9.80. The van der Waals surface area contributed by atoms with Crippen LogP contribution in [-0.4, -0.2) is 25.2 Å². The molecule has 0 aliphatic heterocycles. The molecule has 0 saturated heterocycles. The molecule has 130 valence electrons. The summed E-state index contributed by atoms with van der Waals surface area (Å²) in [5.41, 5.74) is -0.210. The highest BCUT2D eigenvalue weighted by Crippen LogP contribution is 2.25. The van der Waals surface area contributed by atoms with Gasteiger partial charge in [-0.2, -0.15) is 0 Å². The van der Waals surface area contributed by atoms with Gasteiger partial charge in [-0.1, -0.05) is 67.2 Å². The van der Waals surface area contributed by atoms with E-state index in [1.54, 1.807) is 0 Å². The summed E-state index contributed by atoms with van der Waals surface area (Å²) in [6, 6.07) is 0. The van der Waals surface area contributed by atoms with Crippen LogP contribution in [0.2, 0.25) is 0 Å². The molecule has 22 heavy (non-hydrogen) atoms. The molecule has 0 aromatic carbocycles. The molecule has 0 aromatic rings. The Hall–Kier alpha value is -1.06. The van der Waals surface area contributed by atoms with Gasteiger partial charge in [0.05, 0.1) is 13.2 Å². The minimum atomic E-state index is -0.879. The van der Waals surface area contributed by atoms with Gasteiger partial charge in [-0.3, -0.25) is 0 Å². The van der Waals surface area contributed by atoms with E-state index >= 15 is 0 Å². The van der Waals surface area contributed by atoms with Crippen LogP contribution >= 0.6 is 0 Å². The second kappa shape index (κ2) is 9.86. The highest BCUT2D eigenvalue weighted by molar-refractivity contribution is 6.29. The zero-order valence-electron chi connectivity index (χ0n) is 15.3. The maximum absolute atomic E-state index is 11.7. The molecular weight excluding hydrogens is 280 g/mol. The van der Waals surface area contributed by atoms with Gasteiger partial charge >= 0.3 is 11.9 Å². The van der Waals surface area contributed by atoms with Crippen LogP contribution in [0, 0.1) is 10.8 Å². The summed E-state index contributed by atoms with van der Waals surface area (Å²) in [5.74, 6) is -1.76. The van der Waals surface area contributed by atoms with Gasteiger partial charge in [-0.05, 0) is 23.7 Å². The van der Waals surface area contributed by atoms with Crippen LogP contribution in [0.4, 0.5) is 0 Å². The van der Waals surface area contributed by atoms with Gasteiger partial charge in [0.25, 0.3) is 0 Å². The van der Waals surface area contributed by atoms with E-state index in [0.717, 1.165) is 38.5 Å². The second-order valence-electron chi connectivity index (χ2n) is 7.69. The van der Waals surface area contributed by atoms with Crippen LogP contribution in [0.1, 0.15) is 80.1 Å². The molecule has 0 amide bonds. The van der Waals surface area contributed by atoms with E-state index in [-0.39, 0.29) is 24.0 Å². The molecule has 0 bridgehead atoms. The number of hydrogen-bond donors (Lipinski definition) is 0. The molecule has 0 unspecified atom stereocenters. The van der Waals surface area contributed by atoms with Crippen molar-refractivity contribution in [3.8, 4) is 0 Å². The highest BCUT2D eigenvalue weighted by atomic mass is 16.6. The summed E-state index contributed by atoms with van der Waals surface area (Å²) in [5, 5.41) is 0. The van der Waals surface area contributed by atoms with Crippen molar-refractivity contribution in [2.45, 2.75) is 80.1 Å². The maximum Gasteiger partial charge on any atom is 0.417 e. The van der Waals surface area contributed by atoms with Crippen molar-refractivity contribution in [3.63, 3.8) is 0 Å². The normalized spacial score (nSPS) is 12.1. The molecule has 4 heteroatoms. The summed E-state index contributed by atoms with van der Waals surface area (Å²) < 4.78 is 10.2. The van der Waals surface area contributed by atoms with E-state index in [4.69, 9.17) is 9.47 Å². The molecule has 0 atom stereocenters. The van der Waals surface area contributed by atoms with Gasteiger partial charge in [0, 0.05) is 0 Å². The first-order chi connectivity index (χ1) is 10.1. The van der Waals surface area contributed by atoms with E-state index in [2.05, 4.69) is 13.8 Å². The average Bonchev–Trinajstić information content (AvgIpc) is 2.46. The molecule has 0 aliphatic rings. The van der Waals surface area contributed by atoms with Crippen LogP contribution in [0.5, 0.6) is 0 Å². The first-order valence-corrected chi connectivity index (χ1v) is 8.47. The van der Waals surface area contributed by atoms with Crippen LogP contribution < -0.4 is 0 Å².